The minimum absolute atomic E-state index is 0.351. The summed E-state index contributed by atoms with van der Waals surface area (Å²) in [5, 5.41) is 6.02. The van der Waals surface area contributed by atoms with Crippen molar-refractivity contribution >= 4 is 40.7 Å². The molecule has 0 aliphatic rings. The molecule has 3 aromatic rings. The van der Waals surface area contributed by atoms with E-state index in [-0.39, 0.29) is 0 Å². The van der Waals surface area contributed by atoms with Crippen LogP contribution in [0.25, 0.3) is 0 Å². The van der Waals surface area contributed by atoms with Crippen LogP contribution in [0.2, 0.25) is 10.0 Å². The number of carbonyl (C=O) groups excluding carboxylic acids is 2. The van der Waals surface area contributed by atoms with Crippen LogP contribution in [-0.2, 0) is 9.59 Å². The zero-order valence-corrected chi connectivity index (χ0v) is 15.7. The van der Waals surface area contributed by atoms with Crippen LogP contribution >= 0.6 is 23.2 Å². The Labute approximate surface area is 167 Å². The predicted molar refractivity (Wildman–Crippen MR) is 108 cm³/mol. The van der Waals surface area contributed by atoms with E-state index in [1.807, 2.05) is 60.7 Å². The topological polar surface area (TPSA) is 58.2 Å². The van der Waals surface area contributed by atoms with Gasteiger partial charge in [-0.2, -0.15) is 0 Å². The monoisotopic (exact) mass is 398 g/mol. The van der Waals surface area contributed by atoms with Crippen molar-refractivity contribution in [1.82, 2.24) is 5.32 Å². The number of benzene rings is 3. The van der Waals surface area contributed by atoms with E-state index in [9.17, 15) is 9.59 Å². The van der Waals surface area contributed by atoms with Gasteiger partial charge in [0.25, 0.3) is 0 Å². The van der Waals surface area contributed by atoms with Crippen molar-refractivity contribution in [3.05, 3.63) is 100 Å². The van der Waals surface area contributed by atoms with Crippen LogP contribution < -0.4 is 10.6 Å². The summed E-state index contributed by atoms with van der Waals surface area (Å²) in [5.74, 6) is -1.56. The Bertz CT molecular complexity index is 887. The summed E-state index contributed by atoms with van der Waals surface area (Å²) < 4.78 is 0. The Balaban J connectivity index is 1.79. The number of amides is 2. The highest BCUT2D eigenvalue weighted by Gasteiger charge is 2.21. The molecule has 0 spiro atoms. The van der Waals surface area contributed by atoms with E-state index in [1.165, 1.54) is 12.1 Å². The van der Waals surface area contributed by atoms with Crippen LogP contribution in [0.1, 0.15) is 17.2 Å². The van der Waals surface area contributed by atoms with Crippen LogP contribution in [0, 0.1) is 0 Å². The number of hydrogen-bond acceptors (Lipinski definition) is 2. The van der Waals surface area contributed by atoms with Gasteiger partial charge in [-0.15, -0.1) is 0 Å². The van der Waals surface area contributed by atoms with Gasteiger partial charge < -0.3 is 10.6 Å². The largest absolute Gasteiger partial charge is 0.337 e. The van der Waals surface area contributed by atoms with Crippen molar-refractivity contribution in [2.75, 3.05) is 5.32 Å². The number of anilines is 1. The minimum atomic E-state index is -0.801. The van der Waals surface area contributed by atoms with E-state index in [4.69, 9.17) is 23.2 Å². The summed E-state index contributed by atoms with van der Waals surface area (Å²) in [6.45, 7) is 0. The molecule has 3 aromatic carbocycles. The average Bonchev–Trinajstić information content (AvgIpc) is 2.66. The number of rotatable bonds is 4. The molecule has 0 saturated carbocycles. The molecule has 4 nitrogen and oxygen atoms in total. The first-order valence-corrected chi connectivity index (χ1v) is 8.96. The van der Waals surface area contributed by atoms with Gasteiger partial charge >= 0.3 is 11.8 Å². The van der Waals surface area contributed by atoms with Crippen LogP contribution in [0.15, 0.2) is 78.9 Å². The normalized spacial score (nSPS) is 10.5. The zero-order valence-electron chi connectivity index (χ0n) is 14.2. The maximum Gasteiger partial charge on any atom is 0.313 e. The van der Waals surface area contributed by atoms with Gasteiger partial charge in [0, 0.05) is 15.7 Å². The van der Waals surface area contributed by atoms with Gasteiger partial charge in [0.1, 0.15) is 0 Å². The molecular formula is C21H16Cl2N2O2. The fourth-order valence-corrected chi connectivity index (χ4v) is 3.19. The average molecular weight is 399 g/mol. The summed E-state index contributed by atoms with van der Waals surface area (Å²) in [4.78, 5) is 24.8. The standard InChI is InChI=1S/C21H16Cl2N2O2/c22-16-11-17(23)13-18(12-16)24-20(26)21(27)25-19(14-7-3-1-4-8-14)15-9-5-2-6-10-15/h1-13,19H,(H,24,26)(H,25,27). The molecule has 0 fully saturated rings. The molecule has 2 N–H and O–H groups in total. The zero-order chi connectivity index (χ0) is 19.2. The number of nitrogens with one attached hydrogen (secondary N) is 2. The van der Waals surface area contributed by atoms with Gasteiger partial charge in [-0.25, -0.2) is 0 Å². The second-order valence-electron chi connectivity index (χ2n) is 5.84. The minimum Gasteiger partial charge on any atom is -0.337 e. The van der Waals surface area contributed by atoms with E-state index in [0.717, 1.165) is 11.1 Å². The molecule has 2 amide bonds. The highest BCUT2D eigenvalue weighted by Crippen LogP contribution is 2.23. The Kier molecular flexibility index (Phi) is 6.12. The second-order valence-corrected chi connectivity index (χ2v) is 6.71. The Morgan fingerprint density at radius 2 is 1.19 bits per heavy atom. The molecular weight excluding hydrogens is 383 g/mol. The van der Waals surface area contributed by atoms with Crippen molar-refractivity contribution in [2.45, 2.75) is 6.04 Å². The van der Waals surface area contributed by atoms with Crippen LogP contribution in [0.4, 0.5) is 5.69 Å². The molecule has 0 aliphatic carbocycles. The van der Waals surface area contributed by atoms with E-state index >= 15 is 0 Å². The fraction of sp³-hybridized carbons (Fsp3) is 0.0476. The van der Waals surface area contributed by atoms with Gasteiger partial charge in [0.2, 0.25) is 0 Å². The first kappa shape index (κ1) is 19.0. The molecule has 6 heteroatoms. The molecule has 0 aromatic heterocycles. The van der Waals surface area contributed by atoms with Gasteiger partial charge in [-0.3, -0.25) is 9.59 Å². The first-order chi connectivity index (χ1) is 13.0. The lowest BCUT2D eigenvalue weighted by Gasteiger charge is -2.19. The highest BCUT2D eigenvalue weighted by molar-refractivity contribution is 6.40. The second kappa shape index (κ2) is 8.71. The summed E-state index contributed by atoms with van der Waals surface area (Å²) >= 11 is 11.8. The van der Waals surface area contributed by atoms with E-state index in [2.05, 4.69) is 10.6 Å². The fourth-order valence-electron chi connectivity index (χ4n) is 2.66. The Hall–Kier alpha value is -2.82. The Morgan fingerprint density at radius 1 is 0.704 bits per heavy atom. The van der Waals surface area contributed by atoms with Gasteiger partial charge in [-0.05, 0) is 29.3 Å². The summed E-state index contributed by atoms with van der Waals surface area (Å²) in [5.41, 5.74) is 2.09. The Morgan fingerprint density at radius 3 is 1.67 bits per heavy atom. The molecule has 0 saturated heterocycles. The van der Waals surface area contributed by atoms with Crippen molar-refractivity contribution in [3.8, 4) is 0 Å². The number of hydrogen-bond donors (Lipinski definition) is 2. The van der Waals surface area contributed by atoms with E-state index in [0.29, 0.717) is 15.7 Å². The van der Waals surface area contributed by atoms with Gasteiger partial charge in [0.15, 0.2) is 0 Å². The molecule has 136 valence electrons. The molecule has 0 atom stereocenters. The van der Waals surface area contributed by atoms with Crippen molar-refractivity contribution in [3.63, 3.8) is 0 Å². The molecule has 0 bridgehead atoms. The maximum absolute atomic E-state index is 12.5. The smallest absolute Gasteiger partial charge is 0.313 e. The van der Waals surface area contributed by atoms with Crippen LogP contribution in [0.3, 0.4) is 0 Å². The molecule has 0 aliphatic heterocycles. The maximum atomic E-state index is 12.5. The van der Waals surface area contributed by atoms with Gasteiger partial charge in [0.05, 0.1) is 6.04 Å². The van der Waals surface area contributed by atoms with E-state index in [1.54, 1.807) is 6.07 Å². The van der Waals surface area contributed by atoms with Crippen molar-refractivity contribution in [2.24, 2.45) is 0 Å². The third-order valence-corrected chi connectivity index (χ3v) is 4.30. The molecule has 3 rings (SSSR count). The highest BCUT2D eigenvalue weighted by atomic mass is 35.5. The van der Waals surface area contributed by atoms with Crippen LogP contribution in [-0.4, -0.2) is 11.8 Å². The van der Waals surface area contributed by atoms with E-state index < -0.39 is 17.9 Å². The number of carbonyl (C=O) groups is 2. The lowest BCUT2D eigenvalue weighted by atomic mass is 9.99. The quantitative estimate of drug-likeness (QED) is 0.617. The summed E-state index contributed by atoms with van der Waals surface area (Å²) in [6, 6.07) is 23.0. The summed E-state index contributed by atoms with van der Waals surface area (Å²) in [7, 11) is 0. The lowest BCUT2D eigenvalue weighted by molar-refractivity contribution is -0.136. The van der Waals surface area contributed by atoms with Crippen LogP contribution in [0.5, 0.6) is 0 Å². The molecule has 0 heterocycles. The first-order valence-electron chi connectivity index (χ1n) is 8.21. The van der Waals surface area contributed by atoms with Crippen molar-refractivity contribution < 1.29 is 9.59 Å². The lowest BCUT2D eigenvalue weighted by Crippen LogP contribution is -2.38. The third-order valence-electron chi connectivity index (χ3n) is 3.87. The summed E-state index contributed by atoms with van der Waals surface area (Å²) in [6.07, 6.45) is 0. The number of halogens is 2. The molecule has 0 radical (unpaired) electrons. The SMILES string of the molecule is O=C(Nc1cc(Cl)cc(Cl)c1)C(=O)NC(c1ccccc1)c1ccccc1. The molecule has 0 unspecified atom stereocenters. The third kappa shape index (κ3) is 5.09. The predicted octanol–water partition coefficient (Wildman–Crippen LogP) is 4.84. The van der Waals surface area contributed by atoms with Gasteiger partial charge in [-0.1, -0.05) is 83.9 Å². The molecule has 27 heavy (non-hydrogen) atoms. The van der Waals surface area contributed by atoms with Crippen molar-refractivity contribution in [1.29, 1.82) is 0 Å².